The van der Waals surface area contributed by atoms with Gasteiger partial charge in [0.05, 0.1) is 13.4 Å². The molecule has 0 aromatic carbocycles. The molecule has 0 saturated heterocycles. The molecule has 10 heavy (non-hydrogen) atoms. The van der Waals surface area contributed by atoms with Crippen molar-refractivity contribution < 1.29 is 14.1 Å². The molecule has 2 atom stereocenters. The highest BCUT2D eigenvalue weighted by molar-refractivity contribution is 7.90. The van der Waals surface area contributed by atoms with Crippen LogP contribution in [-0.2, 0) is 20.7 Å². The Bertz CT molecular complexity index is 117. The summed E-state index contributed by atoms with van der Waals surface area (Å²) in [7, 11) is 1.25. The zero-order chi connectivity index (χ0) is 8.15. The Hall–Kier alpha value is -0.260. The van der Waals surface area contributed by atoms with E-state index in [1.807, 2.05) is 0 Å². The van der Waals surface area contributed by atoms with Gasteiger partial charge in [-0.25, -0.2) is 0 Å². The average Bonchev–Trinajstić information content (AvgIpc) is 1.85. The van der Waals surface area contributed by atoms with Crippen molar-refractivity contribution in [3.05, 3.63) is 0 Å². The maximum Gasteiger partial charge on any atom is 0.327 e. The van der Waals surface area contributed by atoms with Crippen molar-refractivity contribution in [3.8, 4) is 0 Å². The molecule has 0 aliphatic rings. The third-order valence-electron chi connectivity index (χ3n) is 0.918. The summed E-state index contributed by atoms with van der Waals surface area (Å²) in [6.45, 7) is 0. The quantitative estimate of drug-likeness (QED) is 0.424. The van der Waals surface area contributed by atoms with Crippen LogP contribution < -0.4 is 5.73 Å². The molecular formula is C5H11NO3S. The van der Waals surface area contributed by atoms with Crippen LogP contribution in [0.3, 0.4) is 0 Å². The van der Waals surface area contributed by atoms with E-state index in [-0.39, 0.29) is 5.75 Å². The summed E-state index contributed by atoms with van der Waals surface area (Å²) in [4.78, 5) is 10.6. The molecule has 0 aliphatic heterocycles. The van der Waals surface area contributed by atoms with E-state index < -0.39 is 23.2 Å². The smallest absolute Gasteiger partial charge is 0.327 e. The summed E-state index contributed by atoms with van der Waals surface area (Å²) in [5.41, 5.74) is 5.26. The largest absolute Gasteiger partial charge is 0.616 e. The van der Waals surface area contributed by atoms with Gasteiger partial charge >= 0.3 is 5.97 Å². The maximum atomic E-state index is 10.6. The molecule has 0 fully saturated rings. The molecule has 0 aliphatic carbocycles. The lowest BCUT2D eigenvalue weighted by Gasteiger charge is -2.09. The zero-order valence-corrected chi connectivity index (χ0v) is 6.81. The van der Waals surface area contributed by atoms with Crippen LogP contribution in [0.2, 0.25) is 0 Å². The third kappa shape index (κ3) is 3.71. The van der Waals surface area contributed by atoms with Gasteiger partial charge in [-0.1, -0.05) is 11.2 Å². The Morgan fingerprint density at radius 3 is 2.70 bits per heavy atom. The van der Waals surface area contributed by atoms with Crippen LogP contribution in [0.1, 0.15) is 0 Å². The van der Waals surface area contributed by atoms with E-state index in [1.165, 1.54) is 13.4 Å². The summed E-state index contributed by atoms with van der Waals surface area (Å²) < 4.78 is 14.8. The van der Waals surface area contributed by atoms with E-state index in [2.05, 4.69) is 4.74 Å². The number of carbonyl (C=O) groups excluding carboxylic acids is 1. The lowest BCUT2D eigenvalue weighted by Crippen LogP contribution is -2.37. The summed E-state index contributed by atoms with van der Waals surface area (Å²) in [5.74, 6) is -0.359. The molecule has 2 N–H and O–H groups in total. The van der Waals surface area contributed by atoms with Crippen LogP contribution in [0, 0.1) is 0 Å². The second-order valence-electron chi connectivity index (χ2n) is 1.87. The minimum Gasteiger partial charge on any atom is -0.616 e. The minimum atomic E-state index is -1.04. The minimum absolute atomic E-state index is 0.159. The van der Waals surface area contributed by atoms with Crippen molar-refractivity contribution in [2.24, 2.45) is 5.73 Å². The monoisotopic (exact) mass is 165 g/mol. The van der Waals surface area contributed by atoms with E-state index in [9.17, 15) is 9.35 Å². The van der Waals surface area contributed by atoms with E-state index in [4.69, 9.17) is 5.73 Å². The molecule has 4 nitrogen and oxygen atoms in total. The number of esters is 1. The highest BCUT2D eigenvalue weighted by Gasteiger charge is 2.17. The summed E-state index contributed by atoms with van der Waals surface area (Å²) in [5, 5.41) is 0. The fourth-order valence-corrected chi connectivity index (χ4v) is 1.11. The van der Waals surface area contributed by atoms with Crippen LogP contribution in [0.4, 0.5) is 0 Å². The molecule has 0 bridgehead atoms. The summed E-state index contributed by atoms with van der Waals surface area (Å²) in [6.07, 6.45) is 1.49. The molecule has 5 heteroatoms. The standard InChI is InChI=1S/C5H11NO3S/c1-9-5(7)4(6)3-10(2)8/h4H,3,6H2,1-2H3/t4-,10?/m0/s1. The molecule has 0 radical (unpaired) electrons. The summed E-state index contributed by atoms with van der Waals surface area (Å²) >= 11 is -1.04. The third-order valence-corrected chi connectivity index (χ3v) is 1.75. The Morgan fingerprint density at radius 2 is 2.40 bits per heavy atom. The maximum absolute atomic E-state index is 10.6. The first-order valence-electron chi connectivity index (χ1n) is 2.71. The molecule has 60 valence electrons. The van der Waals surface area contributed by atoms with Gasteiger partial charge in [0.2, 0.25) is 0 Å². The molecule has 0 heterocycles. The number of hydrogen-bond donors (Lipinski definition) is 1. The Kier molecular flexibility index (Phi) is 4.42. The SMILES string of the molecule is COC(=O)[C@@H](N)C[S+](C)[O-]. The van der Waals surface area contributed by atoms with Gasteiger partial charge in [-0.3, -0.25) is 4.79 Å². The first-order chi connectivity index (χ1) is 4.57. The normalized spacial score (nSPS) is 16.0. The van der Waals surface area contributed by atoms with Gasteiger partial charge in [0.25, 0.3) is 0 Å². The van der Waals surface area contributed by atoms with Crippen molar-refractivity contribution in [2.75, 3.05) is 19.1 Å². The predicted molar refractivity (Wildman–Crippen MR) is 38.9 cm³/mol. The number of hydrogen-bond acceptors (Lipinski definition) is 4. The molecule has 0 aromatic rings. The second-order valence-corrected chi connectivity index (χ2v) is 3.35. The number of ether oxygens (including phenoxy) is 1. The predicted octanol–water partition coefficient (Wildman–Crippen LogP) is -1.13. The summed E-state index contributed by atoms with van der Waals surface area (Å²) in [6, 6.07) is -0.754. The molecule has 1 unspecified atom stereocenters. The van der Waals surface area contributed by atoms with Crippen LogP contribution in [0.5, 0.6) is 0 Å². The van der Waals surface area contributed by atoms with Crippen molar-refractivity contribution in [3.63, 3.8) is 0 Å². The first-order valence-corrected chi connectivity index (χ1v) is 4.44. The first kappa shape index (κ1) is 9.74. The van der Waals surface area contributed by atoms with E-state index in [0.29, 0.717) is 0 Å². The van der Waals surface area contributed by atoms with Gasteiger partial charge in [-0.05, 0) is 0 Å². The van der Waals surface area contributed by atoms with Crippen molar-refractivity contribution in [1.29, 1.82) is 0 Å². The number of nitrogens with two attached hydrogens (primary N) is 1. The molecule has 0 spiro atoms. The van der Waals surface area contributed by atoms with Crippen molar-refractivity contribution in [2.45, 2.75) is 6.04 Å². The van der Waals surface area contributed by atoms with E-state index in [1.54, 1.807) is 0 Å². The van der Waals surface area contributed by atoms with Gasteiger partial charge in [0.1, 0.15) is 11.8 Å². The lowest BCUT2D eigenvalue weighted by molar-refractivity contribution is -0.141. The van der Waals surface area contributed by atoms with Crippen LogP contribution in [0.25, 0.3) is 0 Å². The molecular weight excluding hydrogens is 154 g/mol. The van der Waals surface area contributed by atoms with Crippen molar-refractivity contribution >= 4 is 17.1 Å². The van der Waals surface area contributed by atoms with Gasteiger partial charge in [0.15, 0.2) is 0 Å². The number of carbonyl (C=O) groups is 1. The fraction of sp³-hybridized carbons (Fsp3) is 0.800. The van der Waals surface area contributed by atoms with Crippen LogP contribution in [0.15, 0.2) is 0 Å². The van der Waals surface area contributed by atoms with Crippen LogP contribution in [-0.4, -0.2) is 35.7 Å². The lowest BCUT2D eigenvalue weighted by atomic mass is 10.4. The highest BCUT2D eigenvalue weighted by Crippen LogP contribution is 1.89. The second kappa shape index (κ2) is 4.54. The van der Waals surface area contributed by atoms with E-state index in [0.717, 1.165) is 0 Å². The van der Waals surface area contributed by atoms with Gasteiger partial charge in [-0.2, -0.15) is 0 Å². The van der Waals surface area contributed by atoms with Crippen LogP contribution >= 0.6 is 0 Å². The van der Waals surface area contributed by atoms with Gasteiger partial charge in [0, 0.05) is 0 Å². The molecule has 0 saturated carbocycles. The highest BCUT2D eigenvalue weighted by atomic mass is 32.2. The Morgan fingerprint density at radius 1 is 1.90 bits per heavy atom. The topological polar surface area (TPSA) is 75.4 Å². The van der Waals surface area contributed by atoms with Gasteiger partial charge in [-0.15, -0.1) is 0 Å². The molecule has 0 aromatic heterocycles. The van der Waals surface area contributed by atoms with Crippen molar-refractivity contribution in [1.82, 2.24) is 0 Å². The fourth-order valence-electron chi connectivity index (χ4n) is 0.472. The Labute approximate surface area is 62.9 Å². The van der Waals surface area contributed by atoms with E-state index >= 15 is 0 Å². The number of rotatable bonds is 3. The zero-order valence-electron chi connectivity index (χ0n) is 5.99. The average molecular weight is 165 g/mol. The number of methoxy groups -OCH3 is 1. The Balaban J connectivity index is 3.61. The molecule has 0 rings (SSSR count). The molecule has 0 amide bonds. The van der Waals surface area contributed by atoms with Gasteiger partial charge < -0.3 is 15.0 Å².